The average molecular weight is 371 g/mol. The van der Waals surface area contributed by atoms with Crippen molar-refractivity contribution in [2.24, 2.45) is 5.10 Å². The number of hydrazone groups is 1. The van der Waals surface area contributed by atoms with Crippen LogP contribution in [-0.4, -0.2) is 23.7 Å². The minimum Gasteiger partial charge on any atom is -0.483 e. The number of carbonyl (C=O) groups is 1. The largest absolute Gasteiger partial charge is 0.483 e. The van der Waals surface area contributed by atoms with Crippen molar-refractivity contribution in [3.8, 4) is 5.75 Å². The lowest BCUT2D eigenvalue weighted by atomic mass is 10.1. The van der Waals surface area contributed by atoms with E-state index in [0.717, 1.165) is 21.7 Å². The molecule has 2 N–H and O–H groups in total. The first-order valence-electron chi connectivity index (χ1n) is 8.75. The highest BCUT2D eigenvalue weighted by atomic mass is 16.5. The summed E-state index contributed by atoms with van der Waals surface area (Å²) < 4.78 is 5.61. The van der Waals surface area contributed by atoms with E-state index in [1.807, 2.05) is 66.7 Å². The Kier molecular flexibility index (Phi) is 4.84. The molecule has 0 bridgehead atoms. The Morgan fingerprint density at radius 2 is 1.75 bits per heavy atom. The summed E-state index contributed by atoms with van der Waals surface area (Å²) in [6, 6.07) is 22.6. The van der Waals surface area contributed by atoms with Gasteiger partial charge in [0.15, 0.2) is 6.61 Å². The van der Waals surface area contributed by atoms with Crippen LogP contribution in [0, 0.1) is 0 Å². The summed E-state index contributed by atoms with van der Waals surface area (Å²) in [5, 5.41) is 6.71. The Morgan fingerprint density at radius 3 is 2.64 bits per heavy atom. The Morgan fingerprint density at radius 1 is 1.00 bits per heavy atom. The van der Waals surface area contributed by atoms with Crippen LogP contribution >= 0.6 is 0 Å². The number of H-pyrrole nitrogens is 1. The van der Waals surface area contributed by atoms with Gasteiger partial charge >= 0.3 is 0 Å². The number of para-hydroxylation sites is 1. The van der Waals surface area contributed by atoms with Crippen LogP contribution in [0.15, 0.2) is 82.7 Å². The number of amides is 1. The van der Waals surface area contributed by atoms with Gasteiger partial charge in [0, 0.05) is 10.9 Å². The molecule has 0 saturated carbocycles. The van der Waals surface area contributed by atoms with Crippen LogP contribution in [0.25, 0.3) is 21.7 Å². The fraction of sp³-hybridized carbons (Fsp3) is 0.0455. The van der Waals surface area contributed by atoms with Crippen molar-refractivity contribution in [3.63, 3.8) is 0 Å². The van der Waals surface area contributed by atoms with Gasteiger partial charge in [-0.15, -0.1) is 0 Å². The number of carbonyl (C=O) groups excluding carboxylic acids is 1. The molecule has 0 aliphatic carbocycles. The van der Waals surface area contributed by atoms with Crippen molar-refractivity contribution in [1.29, 1.82) is 0 Å². The van der Waals surface area contributed by atoms with Crippen molar-refractivity contribution < 1.29 is 9.53 Å². The molecule has 1 aromatic heterocycles. The van der Waals surface area contributed by atoms with Gasteiger partial charge in [0.25, 0.3) is 11.5 Å². The quantitative estimate of drug-likeness (QED) is 0.417. The van der Waals surface area contributed by atoms with Gasteiger partial charge < -0.3 is 9.72 Å². The zero-order valence-corrected chi connectivity index (χ0v) is 14.9. The lowest BCUT2D eigenvalue weighted by molar-refractivity contribution is -0.123. The molecular weight excluding hydrogens is 354 g/mol. The highest BCUT2D eigenvalue weighted by Gasteiger charge is 2.05. The van der Waals surface area contributed by atoms with Gasteiger partial charge in [0.1, 0.15) is 5.75 Å². The van der Waals surface area contributed by atoms with Gasteiger partial charge in [-0.05, 0) is 29.0 Å². The van der Waals surface area contributed by atoms with Crippen LogP contribution in [-0.2, 0) is 4.79 Å². The molecule has 0 atom stereocenters. The second-order valence-electron chi connectivity index (χ2n) is 6.20. The summed E-state index contributed by atoms with van der Waals surface area (Å²) in [6.45, 7) is -0.181. The maximum Gasteiger partial charge on any atom is 0.277 e. The monoisotopic (exact) mass is 371 g/mol. The number of aromatic amines is 1. The third kappa shape index (κ3) is 3.76. The maximum absolute atomic E-state index is 12.1. The molecule has 1 heterocycles. The molecule has 6 nitrogen and oxygen atoms in total. The summed E-state index contributed by atoms with van der Waals surface area (Å²) in [6.07, 6.45) is 1.32. The first kappa shape index (κ1) is 17.5. The molecule has 1 amide bonds. The van der Waals surface area contributed by atoms with Crippen molar-refractivity contribution in [2.75, 3.05) is 6.61 Å². The molecule has 0 aliphatic rings. The first-order chi connectivity index (χ1) is 13.7. The molecular formula is C22H17N3O3. The molecule has 0 spiro atoms. The summed E-state index contributed by atoms with van der Waals surface area (Å²) in [5.41, 5.74) is 3.21. The van der Waals surface area contributed by atoms with Crippen LogP contribution in [0.2, 0.25) is 0 Å². The zero-order chi connectivity index (χ0) is 19.3. The number of fused-ring (bicyclic) bond motifs is 2. The minimum absolute atomic E-state index is 0.181. The Labute approximate surface area is 160 Å². The van der Waals surface area contributed by atoms with E-state index in [0.29, 0.717) is 11.3 Å². The van der Waals surface area contributed by atoms with Crippen molar-refractivity contribution >= 4 is 33.8 Å². The summed E-state index contributed by atoms with van der Waals surface area (Å²) in [5.74, 6) is 0.213. The molecule has 0 saturated heterocycles. The summed E-state index contributed by atoms with van der Waals surface area (Å²) in [4.78, 5) is 26.8. The molecule has 0 fully saturated rings. The predicted octanol–water partition coefficient (Wildman–Crippen LogP) is 3.21. The highest BCUT2D eigenvalue weighted by Crippen LogP contribution is 2.24. The van der Waals surface area contributed by atoms with Gasteiger partial charge in [0.2, 0.25) is 0 Å². The Balaban J connectivity index is 1.40. The number of aromatic nitrogens is 1. The summed E-state index contributed by atoms with van der Waals surface area (Å²) in [7, 11) is 0. The van der Waals surface area contributed by atoms with E-state index in [4.69, 9.17) is 4.74 Å². The van der Waals surface area contributed by atoms with Gasteiger partial charge in [-0.2, -0.15) is 5.10 Å². The van der Waals surface area contributed by atoms with Crippen LogP contribution in [0.1, 0.15) is 5.56 Å². The Bertz CT molecular complexity index is 1240. The van der Waals surface area contributed by atoms with E-state index in [-0.39, 0.29) is 12.2 Å². The standard InChI is InChI=1S/C22H17N3O3/c26-21(14-28-20-11-5-8-15-6-1-3-9-18(15)20)25-23-13-17-12-16-7-2-4-10-19(16)24-22(17)27/h1-13H,14H2,(H,24,27)(H,25,26)/b23-13+. The third-order valence-electron chi connectivity index (χ3n) is 4.28. The van der Waals surface area contributed by atoms with Gasteiger partial charge in [-0.25, -0.2) is 5.43 Å². The SMILES string of the molecule is O=C(COc1cccc2ccccc12)N/N=C/c1cc2ccccc2[nH]c1=O. The number of rotatable bonds is 5. The Hall–Kier alpha value is -3.93. The number of hydrogen-bond donors (Lipinski definition) is 2. The fourth-order valence-corrected chi connectivity index (χ4v) is 2.93. The van der Waals surface area contributed by atoms with Gasteiger partial charge in [-0.1, -0.05) is 54.6 Å². The normalized spacial score (nSPS) is 11.1. The lowest BCUT2D eigenvalue weighted by Crippen LogP contribution is -2.25. The number of ether oxygens (including phenoxy) is 1. The van der Waals surface area contributed by atoms with Crippen molar-refractivity contribution in [2.45, 2.75) is 0 Å². The molecule has 0 radical (unpaired) electrons. The second-order valence-corrected chi connectivity index (χ2v) is 6.20. The van der Waals surface area contributed by atoms with Crippen LogP contribution in [0.3, 0.4) is 0 Å². The molecule has 4 rings (SSSR count). The number of pyridine rings is 1. The molecule has 3 aromatic carbocycles. The summed E-state index contributed by atoms with van der Waals surface area (Å²) >= 11 is 0. The second kappa shape index (κ2) is 7.75. The lowest BCUT2D eigenvalue weighted by Gasteiger charge is -2.08. The minimum atomic E-state index is -0.415. The van der Waals surface area contributed by atoms with E-state index in [9.17, 15) is 9.59 Å². The van der Waals surface area contributed by atoms with E-state index >= 15 is 0 Å². The molecule has 28 heavy (non-hydrogen) atoms. The van der Waals surface area contributed by atoms with Crippen LogP contribution in [0.5, 0.6) is 5.75 Å². The number of nitrogens with one attached hydrogen (secondary N) is 2. The smallest absolute Gasteiger partial charge is 0.277 e. The topological polar surface area (TPSA) is 83.5 Å². The zero-order valence-electron chi connectivity index (χ0n) is 14.9. The molecule has 6 heteroatoms. The maximum atomic E-state index is 12.1. The number of benzene rings is 3. The van der Waals surface area contributed by atoms with E-state index < -0.39 is 5.91 Å². The van der Waals surface area contributed by atoms with E-state index in [1.165, 1.54) is 6.21 Å². The molecule has 138 valence electrons. The molecule has 0 unspecified atom stereocenters. The van der Waals surface area contributed by atoms with E-state index in [1.54, 1.807) is 6.07 Å². The van der Waals surface area contributed by atoms with Crippen LogP contribution in [0.4, 0.5) is 0 Å². The predicted molar refractivity (Wildman–Crippen MR) is 110 cm³/mol. The molecule has 0 aliphatic heterocycles. The van der Waals surface area contributed by atoms with Crippen molar-refractivity contribution in [3.05, 3.63) is 88.7 Å². The highest BCUT2D eigenvalue weighted by molar-refractivity contribution is 5.89. The van der Waals surface area contributed by atoms with Crippen LogP contribution < -0.4 is 15.7 Å². The van der Waals surface area contributed by atoms with Crippen molar-refractivity contribution in [1.82, 2.24) is 10.4 Å². The first-order valence-corrected chi connectivity index (χ1v) is 8.75. The van der Waals surface area contributed by atoms with E-state index in [2.05, 4.69) is 15.5 Å². The number of nitrogens with zero attached hydrogens (tertiary/aromatic N) is 1. The average Bonchev–Trinajstić information content (AvgIpc) is 2.72. The third-order valence-corrected chi connectivity index (χ3v) is 4.28. The van der Waals surface area contributed by atoms with Gasteiger partial charge in [-0.3, -0.25) is 9.59 Å². The van der Waals surface area contributed by atoms with Gasteiger partial charge in [0.05, 0.1) is 11.8 Å². The number of hydrogen-bond acceptors (Lipinski definition) is 4. The fourth-order valence-electron chi connectivity index (χ4n) is 2.93. The molecule has 4 aromatic rings.